The summed E-state index contributed by atoms with van der Waals surface area (Å²) < 4.78 is 0. The highest BCUT2D eigenvalue weighted by molar-refractivity contribution is 7.08. The number of thiophene rings is 1. The monoisotopic (exact) mass is 495 g/mol. The molecule has 5 heterocycles. The molecule has 0 spiro atoms. The summed E-state index contributed by atoms with van der Waals surface area (Å²) in [6.45, 7) is 7.10. The van der Waals surface area contributed by atoms with Gasteiger partial charge < -0.3 is 9.88 Å². The van der Waals surface area contributed by atoms with Crippen molar-refractivity contribution in [1.82, 2.24) is 35.0 Å². The van der Waals surface area contributed by atoms with E-state index in [9.17, 15) is 0 Å². The van der Waals surface area contributed by atoms with Crippen LogP contribution in [0.1, 0.15) is 25.5 Å². The lowest BCUT2D eigenvalue weighted by Gasteiger charge is -2.10. The number of hydrogen-bond donors (Lipinski definition) is 2. The predicted octanol–water partition coefficient (Wildman–Crippen LogP) is 6.48. The molecule has 5 aromatic heterocycles. The molecule has 5 rings (SSSR count). The third-order valence-corrected chi connectivity index (χ3v) is 6.86. The molecule has 36 heavy (non-hydrogen) atoms. The van der Waals surface area contributed by atoms with Gasteiger partial charge >= 0.3 is 0 Å². The lowest BCUT2D eigenvalue weighted by molar-refractivity contribution is 0.400. The molecule has 0 amide bonds. The van der Waals surface area contributed by atoms with Gasteiger partial charge in [0.05, 0.1) is 29.1 Å². The maximum absolute atomic E-state index is 4.93. The van der Waals surface area contributed by atoms with Crippen LogP contribution in [-0.4, -0.2) is 55.7 Å². The molecular formula is C28H29N7S. The minimum atomic E-state index is 0.700. The van der Waals surface area contributed by atoms with Crippen LogP contribution in [0.4, 0.5) is 0 Å². The second-order valence-corrected chi connectivity index (χ2v) is 9.72. The number of fused-ring (bicyclic) bond motifs is 2. The molecule has 0 unspecified atom stereocenters. The van der Waals surface area contributed by atoms with E-state index in [1.807, 2.05) is 25.4 Å². The maximum Gasteiger partial charge on any atom is 0.159 e. The third kappa shape index (κ3) is 4.78. The zero-order valence-corrected chi connectivity index (χ0v) is 21.6. The van der Waals surface area contributed by atoms with Crippen molar-refractivity contribution in [2.75, 3.05) is 20.6 Å². The molecule has 8 heteroatoms. The zero-order valence-electron chi connectivity index (χ0n) is 20.7. The predicted molar refractivity (Wildman–Crippen MR) is 150 cm³/mol. The number of nitrogens with one attached hydrogen (secondary N) is 2. The molecular weight excluding hydrogens is 466 g/mol. The van der Waals surface area contributed by atoms with E-state index in [1.165, 1.54) is 5.57 Å². The number of hydrogen-bond acceptors (Lipinski definition) is 6. The highest BCUT2D eigenvalue weighted by Crippen LogP contribution is 2.32. The van der Waals surface area contributed by atoms with Crippen LogP contribution in [0, 0.1) is 0 Å². The van der Waals surface area contributed by atoms with E-state index in [2.05, 4.69) is 80.8 Å². The molecule has 0 aliphatic carbocycles. The molecule has 5 aromatic rings. The maximum atomic E-state index is 4.93. The van der Waals surface area contributed by atoms with Gasteiger partial charge in [0.15, 0.2) is 5.82 Å². The molecule has 2 N–H and O–H groups in total. The molecule has 0 saturated carbocycles. The molecule has 182 valence electrons. The van der Waals surface area contributed by atoms with Gasteiger partial charge in [0.1, 0.15) is 11.2 Å². The number of pyridine rings is 2. The first-order chi connectivity index (χ1) is 17.6. The number of H-pyrrole nitrogens is 2. The van der Waals surface area contributed by atoms with Gasteiger partial charge in [-0.05, 0) is 86.1 Å². The SMILES string of the molecule is C=C/C(=C\C(=C/C)c1cc2c(-c3nc4c(-c5ccsc5)cncc4[nH]3)n[nH]c2cn1)CCCN(C)C. The van der Waals surface area contributed by atoms with Crippen molar-refractivity contribution < 1.29 is 0 Å². The Morgan fingerprint density at radius 2 is 2.08 bits per heavy atom. The van der Waals surface area contributed by atoms with E-state index >= 15 is 0 Å². The van der Waals surface area contributed by atoms with Gasteiger partial charge in [-0.25, -0.2) is 4.98 Å². The Kier molecular flexibility index (Phi) is 6.88. The summed E-state index contributed by atoms with van der Waals surface area (Å²) in [5.74, 6) is 0.700. The van der Waals surface area contributed by atoms with Crippen LogP contribution < -0.4 is 0 Å². The van der Waals surface area contributed by atoms with Crippen LogP contribution in [0.15, 0.2) is 71.9 Å². The molecule has 0 bridgehead atoms. The summed E-state index contributed by atoms with van der Waals surface area (Å²) in [5, 5.41) is 12.8. The first-order valence-electron chi connectivity index (χ1n) is 11.9. The van der Waals surface area contributed by atoms with E-state index < -0.39 is 0 Å². The lowest BCUT2D eigenvalue weighted by Crippen LogP contribution is -2.12. The summed E-state index contributed by atoms with van der Waals surface area (Å²) in [4.78, 5) is 19.7. The number of imidazole rings is 1. The van der Waals surface area contributed by atoms with Crippen molar-refractivity contribution in [2.45, 2.75) is 19.8 Å². The second kappa shape index (κ2) is 10.4. The summed E-state index contributed by atoms with van der Waals surface area (Å²) >= 11 is 1.66. The molecule has 0 fully saturated rings. The first kappa shape index (κ1) is 23.8. The highest BCUT2D eigenvalue weighted by Gasteiger charge is 2.17. The molecule has 0 aromatic carbocycles. The van der Waals surface area contributed by atoms with E-state index in [4.69, 9.17) is 9.97 Å². The van der Waals surface area contributed by atoms with Crippen molar-refractivity contribution in [3.63, 3.8) is 0 Å². The van der Waals surface area contributed by atoms with Crippen molar-refractivity contribution in [1.29, 1.82) is 0 Å². The van der Waals surface area contributed by atoms with E-state index in [1.54, 1.807) is 17.5 Å². The fourth-order valence-electron chi connectivity index (χ4n) is 4.27. The Morgan fingerprint density at radius 1 is 1.19 bits per heavy atom. The Balaban J connectivity index is 1.52. The van der Waals surface area contributed by atoms with Crippen LogP contribution in [0.5, 0.6) is 0 Å². The van der Waals surface area contributed by atoms with Crippen LogP contribution in [0.2, 0.25) is 0 Å². The lowest BCUT2D eigenvalue weighted by atomic mass is 10.0. The zero-order chi connectivity index (χ0) is 25.1. The van der Waals surface area contributed by atoms with Crippen molar-refractivity contribution in [3.8, 4) is 22.6 Å². The van der Waals surface area contributed by atoms with Crippen LogP contribution >= 0.6 is 11.3 Å². The smallest absolute Gasteiger partial charge is 0.159 e. The minimum Gasteiger partial charge on any atom is -0.335 e. The molecule has 7 nitrogen and oxygen atoms in total. The van der Waals surface area contributed by atoms with E-state index in [-0.39, 0.29) is 0 Å². The fraction of sp³-hybridized carbons (Fsp3) is 0.214. The van der Waals surface area contributed by atoms with Gasteiger partial charge in [-0.15, -0.1) is 0 Å². The molecule has 0 atom stereocenters. The van der Waals surface area contributed by atoms with Crippen molar-refractivity contribution in [2.24, 2.45) is 0 Å². The van der Waals surface area contributed by atoms with Gasteiger partial charge in [-0.2, -0.15) is 16.4 Å². The van der Waals surface area contributed by atoms with Gasteiger partial charge in [-0.3, -0.25) is 15.1 Å². The number of nitrogens with zero attached hydrogens (tertiary/aromatic N) is 5. The van der Waals surface area contributed by atoms with Crippen LogP contribution in [-0.2, 0) is 0 Å². The molecule has 0 saturated heterocycles. The summed E-state index contributed by atoms with van der Waals surface area (Å²) in [7, 11) is 4.19. The number of aromatic nitrogens is 6. The van der Waals surface area contributed by atoms with Crippen LogP contribution in [0.25, 0.3) is 50.2 Å². The summed E-state index contributed by atoms with van der Waals surface area (Å²) in [5.41, 5.74) is 8.64. The number of rotatable bonds is 9. The Morgan fingerprint density at radius 3 is 2.83 bits per heavy atom. The topological polar surface area (TPSA) is 86.4 Å². The standard InChI is InChI=1S/C28H29N7S/c1-5-18(8-7-10-35(3)4)12-19(6-2)23-13-21-24(16-30-23)33-34-27(21)28-31-25-15-29-14-22(26(25)32-28)20-9-11-36-17-20/h5-6,9,11-17H,1,7-8,10H2,2-4H3,(H,31,32)(H,33,34)/b18-12+,19-6+. The van der Waals surface area contributed by atoms with Gasteiger partial charge in [-0.1, -0.05) is 18.7 Å². The first-order valence-corrected chi connectivity index (χ1v) is 12.9. The van der Waals surface area contributed by atoms with Crippen molar-refractivity contribution in [3.05, 3.63) is 77.6 Å². The van der Waals surface area contributed by atoms with Gasteiger partial charge in [0.2, 0.25) is 0 Å². The summed E-state index contributed by atoms with van der Waals surface area (Å²) in [6, 6.07) is 4.16. The Bertz CT molecular complexity index is 1570. The minimum absolute atomic E-state index is 0.700. The van der Waals surface area contributed by atoms with Crippen LogP contribution in [0.3, 0.4) is 0 Å². The second-order valence-electron chi connectivity index (χ2n) is 8.94. The molecule has 0 aliphatic heterocycles. The largest absolute Gasteiger partial charge is 0.335 e. The van der Waals surface area contributed by atoms with Crippen molar-refractivity contribution >= 4 is 38.8 Å². The Hall–Kier alpha value is -3.88. The Labute approximate surface area is 214 Å². The van der Waals surface area contributed by atoms with Gasteiger partial charge in [0.25, 0.3) is 0 Å². The normalized spacial score (nSPS) is 12.8. The average Bonchev–Trinajstić information content (AvgIpc) is 3.64. The number of allylic oxidation sites excluding steroid dienone is 5. The quantitative estimate of drug-likeness (QED) is 0.229. The molecule has 0 radical (unpaired) electrons. The van der Waals surface area contributed by atoms with E-state index in [0.29, 0.717) is 5.82 Å². The highest BCUT2D eigenvalue weighted by atomic mass is 32.1. The number of aromatic amines is 2. The average molecular weight is 496 g/mol. The fourth-order valence-corrected chi connectivity index (χ4v) is 4.92. The third-order valence-electron chi connectivity index (χ3n) is 6.18. The summed E-state index contributed by atoms with van der Waals surface area (Å²) in [6.07, 6.45) is 13.7. The molecule has 0 aliphatic rings. The van der Waals surface area contributed by atoms with E-state index in [0.717, 1.165) is 69.4 Å². The van der Waals surface area contributed by atoms with Gasteiger partial charge in [0, 0.05) is 17.1 Å².